The van der Waals surface area contributed by atoms with Crippen LogP contribution in [0, 0.1) is 28.6 Å². The molecule has 2 aromatic heterocycles. The van der Waals surface area contributed by atoms with Crippen LogP contribution in [0.15, 0.2) is 52.2 Å². The van der Waals surface area contributed by atoms with Crippen molar-refractivity contribution in [3.05, 3.63) is 53.4 Å². The third-order valence-electron chi connectivity index (χ3n) is 3.91. The summed E-state index contributed by atoms with van der Waals surface area (Å²) in [5.41, 5.74) is 0.895. The van der Waals surface area contributed by atoms with Crippen LogP contribution in [0.5, 0.6) is 0 Å². The summed E-state index contributed by atoms with van der Waals surface area (Å²) in [5, 5.41) is 28.0. The number of benzene rings is 1. The minimum atomic E-state index is -0.206. The predicted molar refractivity (Wildman–Crippen MR) is 103 cm³/mol. The van der Waals surface area contributed by atoms with Crippen molar-refractivity contribution in [2.24, 2.45) is 5.92 Å². The first-order valence-electron chi connectivity index (χ1n) is 8.32. The molecule has 0 spiro atoms. The average Bonchev–Trinajstić information content (AvgIpc) is 3.33. The number of halogens is 1. The highest BCUT2D eigenvalue weighted by molar-refractivity contribution is 7.99. The van der Waals surface area contributed by atoms with E-state index in [0.717, 1.165) is 11.3 Å². The minimum Gasteiger partial charge on any atom is -0.467 e. The minimum absolute atomic E-state index is 0.206. The first-order valence-corrected chi connectivity index (χ1v) is 9.68. The molecular weight excluding hydrogens is 382 g/mol. The summed E-state index contributed by atoms with van der Waals surface area (Å²) in [6, 6.07) is 15.5. The Labute approximate surface area is 166 Å². The lowest BCUT2D eigenvalue weighted by Gasteiger charge is -2.10. The fraction of sp³-hybridized carbons (Fsp3) is 0.263. The molecule has 0 amide bonds. The van der Waals surface area contributed by atoms with Crippen molar-refractivity contribution in [3.8, 4) is 23.5 Å². The Bertz CT molecular complexity index is 954. The third kappa shape index (κ3) is 4.91. The smallest absolute Gasteiger partial charge is 0.191 e. The molecule has 1 aromatic carbocycles. The van der Waals surface area contributed by atoms with Gasteiger partial charge in [0.25, 0.3) is 0 Å². The number of rotatable bonds is 8. The molecule has 1 atom stereocenters. The van der Waals surface area contributed by atoms with Gasteiger partial charge in [0, 0.05) is 22.8 Å². The molecule has 27 heavy (non-hydrogen) atoms. The van der Waals surface area contributed by atoms with Crippen molar-refractivity contribution < 1.29 is 4.42 Å². The lowest BCUT2D eigenvalue weighted by molar-refractivity contribution is 0.485. The van der Waals surface area contributed by atoms with Gasteiger partial charge in [-0.15, -0.1) is 10.2 Å². The SMILES string of the molecule is N#CCC[C@H](C#N)CSc1nnc(-c2ccc(Cl)cc2)n1Cc1ccco1. The Morgan fingerprint density at radius 3 is 2.67 bits per heavy atom. The van der Waals surface area contributed by atoms with Crippen molar-refractivity contribution in [2.45, 2.75) is 24.5 Å². The summed E-state index contributed by atoms with van der Waals surface area (Å²) >= 11 is 7.45. The van der Waals surface area contributed by atoms with Crippen LogP contribution >= 0.6 is 23.4 Å². The molecular formula is C19H16ClN5OS. The molecule has 0 aliphatic carbocycles. The van der Waals surface area contributed by atoms with E-state index in [9.17, 15) is 5.26 Å². The fourth-order valence-electron chi connectivity index (χ4n) is 2.51. The van der Waals surface area contributed by atoms with Gasteiger partial charge in [-0.3, -0.25) is 4.57 Å². The second-order valence-corrected chi connectivity index (χ2v) is 7.24. The lowest BCUT2D eigenvalue weighted by Crippen LogP contribution is -2.06. The van der Waals surface area contributed by atoms with E-state index in [1.807, 2.05) is 41.0 Å². The number of hydrogen-bond donors (Lipinski definition) is 0. The van der Waals surface area contributed by atoms with Gasteiger partial charge in [-0.05, 0) is 42.8 Å². The van der Waals surface area contributed by atoms with E-state index < -0.39 is 0 Å². The van der Waals surface area contributed by atoms with Crippen molar-refractivity contribution >= 4 is 23.4 Å². The average molecular weight is 398 g/mol. The van der Waals surface area contributed by atoms with Gasteiger partial charge >= 0.3 is 0 Å². The van der Waals surface area contributed by atoms with Crippen molar-refractivity contribution in [3.63, 3.8) is 0 Å². The molecule has 0 aliphatic heterocycles. The molecule has 6 nitrogen and oxygen atoms in total. The summed E-state index contributed by atoms with van der Waals surface area (Å²) in [6.07, 6.45) is 2.55. The standard InChI is InChI=1S/C19H16ClN5OS/c20-16-7-5-15(6-8-16)18-23-24-19(25(18)12-17-4-2-10-26-17)27-13-14(11-22)3-1-9-21/h2,4-8,10,14H,1,3,12-13H2/t14-/m1/s1. The summed E-state index contributed by atoms with van der Waals surface area (Å²) in [6.45, 7) is 0.482. The molecule has 0 bridgehead atoms. The zero-order valence-electron chi connectivity index (χ0n) is 14.4. The third-order valence-corrected chi connectivity index (χ3v) is 5.30. The van der Waals surface area contributed by atoms with E-state index in [1.165, 1.54) is 11.8 Å². The monoisotopic (exact) mass is 397 g/mol. The molecule has 0 radical (unpaired) electrons. The first-order chi connectivity index (χ1) is 13.2. The van der Waals surface area contributed by atoms with Crippen molar-refractivity contribution in [1.29, 1.82) is 10.5 Å². The molecule has 3 rings (SSSR count). The fourth-order valence-corrected chi connectivity index (χ4v) is 3.63. The predicted octanol–water partition coefficient (Wildman–Crippen LogP) is 4.78. The van der Waals surface area contributed by atoms with Crippen LogP contribution in [0.3, 0.4) is 0 Å². The summed E-state index contributed by atoms with van der Waals surface area (Å²) < 4.78 is 7.44. The number of furan rings is 1. The van der Waals surface area contributed by atoms with Gasteiger partial charge in [-0.25, -0.2) is 0 Å². The van der Waals surface area contributed by atoms with Crippen molar-refractivity contribution in [1.82, 2.24) is 14.8 Å². The van der Waals surface area contributed by atoms with E-state index in [1.54, 1.807) is 6.26 Å². The Morgan fingerprint density at radius 2 is 2.00 bits per heavy atom. The van der Waals surface area contributed by atoms with Gasteiger partial charge in [0.05, 0.1) is 30.9 Å². The van der Waals surface area contributed by atoms with Gasteiger partial charge in [0.2, 0.25) is 0 Å². The number of nitrogens with zero attached hydrogens (tertiary/aromatic N) is 5. The van der Waals surface area contributed by atoms with Crippen molar-refractivity contribution in [2.75, 3.05) is 5.75 Å². The molecule has 0 N–H and O–H groups in total. The van der Waals surface area contributed by atoms with E-state index in [4.69, 9.17) is 21.3 Å². The first kappa shape index (κ1) is 19.0. The Morgan fingerprint density at radius 1 is 1.19 bits per heavy atom. The van der Waals surface area contributed by atoms with Gasteiger partial charge in [-0.2, -0.15) is 10.5 Å². The van der Waals surface area contributed by atoms with E-state index in [-0.39, 0.29) is 5.92 Å². The Hall–Kier alpha value is -2.74. The number of hydrogen-bond acceptors (Lipinski definition) is 6. The van der Waals surface area contributed by atoms with E-state index in [2.05, 4.69) is 22.3 Å². The van der Waals surface area contributed by atoms with Crippen LogP contribution in [0.4, 0.5) is 0 Å². The summed E-state index contributed by atoms with van der Waals surface area (Å²) in [4.78, 5) is 0. The Balaban J connectivity index is 1.86. The quantitative estimate of drug-likeness (QED) is 0.508. The maximum Gasteiger partial charge on any atom is 0.191 e. The second-order valence-electron chi connectivity index (χ2n) is 5.81. The maximum atomic E-state index is 9.27. The molecule has 2 heterocycles. The van der Waals surface area contributed by atoms with Crippen LogP contribution in [0.2, 0.25) is 5.02 Å². The number of nitriles is 2. The molecule has 0 unspecified atom stereocenters. The number of aromatic nitrogens is 3. The zero-order valence-corrected chi connectivity index (χ0v) is 16.0. The second kappa shape index (κ2) is 9.27. The molecule has 0 aliphatic rings. The van der Waals surface area contributed by atoms with E-state index >= 15 is 0 Å². The zero-order chi connectivity index (χ0) is 19.1. The van der Waals surface area contributed by atoms with Gasteiger partial charge < -0.3 is 4.42 Å². The molecule has 136 valence electrons. The van der Waals surface area contributed by atoms with Gasteiger partial charge in [0.1, 0.15) is 5.76 Å². The lowest BCUT2D eigenvalue weighted by atomic mass is 10.1. The maximum absolute atomic E-state index is 9.27. The van der Waals surface area contributed by atoms with Crippen LogP contribution in [-0.2, 0) is 6.54 Å². The highest BCUT2D eigenvalue weighted by Gasteiger charge is 2.18. The Kier molecular flexibility index (Phi) is 6.54. The molecule has 0 saturated carbocycles. The van der Waals surface area contributed by atoms with Crippen LogP contribution < -0.4 is 0 Å². The van der Waals surface area contributed by atoms with E-state index in [0.29, 0.717) is 41.1 Å². The largest absolute Gasteiger partial charge is 0.467 e. The molecule has 0 fully saturated rings. The van der Waals surface area contributed by atoms with Gasteiger partial charge in [-0.1, -0.05) is 23.4 Å². The highest BCUT2D eigenvalue weighted by Crippen LogP contribution is 2.28. The van der Waals surface area contributed by atoms with Crippen LogP contribution in [-0.4, -0.2) is 20.5 Å². The van der Waals surface area contributed by atoms with Gasteiger partial charge in [0.15, 0.2) is 11.0 Å². The molecule has 3 aromatic rings. The molecule has 8 heteroatoms. The molecule has 0 saturated heterocycles. The summed E-state index contributed by atoms with van der Waals surface area (Å²) in [7, 11) is 0. The number of thioether (sulfide) groups is 1. The topological polar surface area (TPSA) is 91.4 Å². The summed E-state index contributed by atoms with van der Waals surface area (Å²) in [5.74, 6) is 1.83. The normalized spacial score (nSPS) is 11.7. The van der Waals surface area contributed by atoms with Crippen LogP contribution in [0.25, 0.3) is 11.4 Å². The highest BCUT2D eigenvalue weighted by atomic mass is 35.5. The van der Waals surface area contributed by atoms with Crippen LogP contribution in [0.1, 0.15) is 18.6 Å².